The van der Waals surface area contributed by atoms with Crippen molar-refractivity contribution in [2.24, 2.45) is 0 Å². The Kier molecular flexibility index (Phi) is 5.72. The van der Waals surface area contributed by atoms with Crippen LogP contribution < -0.4 is 0 Å². The average molecular weight is 354 g/mol. The molecule has 0 bridgehead atoms. The highest BCUT2D eigenvalue weighted by Gasteiger charge is 2.38. The van der Waals surface area contributed by atoms with Gasteiger partial charge in [0.05, 0.1) is 0 Å². The maximum absolute atomic E-state index is 13.7. The number of benzene rings is 2. The number of halogens is 1. The van der Waals surface area contributed by atoms with Crippen molar-refractivity contribution in [2.45, 2.75) is 31.2 Å². The van der Waals surface area contributed by atoms with Crippen LogP contribution in [0.25, 0.3) is 0 Å². The molecule has 2 aromatic carbocycles. The molecule has 0 spiro atoms. The molecule has 0 N–H and O–H groups in total. The minimum Gasteiger partial charge on any atom is -0.343 e. The molecule has 4 heteroatoms. The topological polar surface area (TPSA) is 23.6 Å². The number of piperidine rings is 1. The molecule has 1 amide bonds. The molecule has 0 unspecified atom stereocenters. The van der Waals surface area contributed by atoms with Crippen molar-refractivity contribution in [1.82, 2.24) is 9.80 Å². The van der Waals surface area contributed by atoms with Gasteiger partial charge in [-0.05, 0) is 50.6 Å². The molecule has 1 heterocycles. The van der Waals surface area contributed by atoms with E-state index in [0.29, 0.717) is 18.4 Å². The Morgan fingerprint density at radius 2 is 1.65 bits per heavy atom. The monoisotopic (exact) mass is 354 g/mol. The highest BCUT2D eigenvalue weighted by atomic mass is 19.1. The summed E-state index contributed by atoms with van der Waals surface area (Å²) in [6.07, 6.45) is 2.64. The number of carbonyl (C=O) groups is 1. The summed E-state index contributed by atoms with van der Waals surface area (Å²) in [5.74, 6) is -0.108. The van der Waals surface area contributed by atoms with E-state index in [-0.39, 0.29) is 17.3 Å². The van der Waals surface area contributed by atoms with Crippen molar-refractivity contribution in [2.75, 3.05) is 27.2 Å². The molecule has 1 aliphatic rings. The van der Waals surface area contributed by atoms with Crippen molar-refractivity contribution in [3.63, 3.8) is 0 Å². The van der Waals surface area contributed by atoms with Gasteiger partial charge in [-0.3, -0.25) is 9.69 Å². The van der Waals surface area contributed by atoms with Crippen LogP contribution in [0.4, 0.5) is 4.39 Å². The van der Waals surface area contributed by atoms with Crippen LogP contribution in [0.2, 0.25) is 0 Å². The molecule has 0 radical (unpaired) electrons. The van der Waals surface area contributed by atoms with Crippen LogP contribution in [-0.2, 0) is 16.8 Å². The van der Waals surface area contributed by atoms with Gasteiger partial charge in [-0.2, -0.15) is 0 Å². The second kappa shape index (κ2) is 8.00. The van der Waals surface area contributed by atoms with Crippen molar-refractivity contribution in [3.05, 3.63) is 71.5 Å². The van der Waals surface area contributed by atoms with Crippen molar-refractivity contribution < 1.29 is 9.18 Å². The van der Waals surface area contributed by atoms with Gasteiger partial charge in [0.15, 0.2) is 0 Å². The zero-order valence-electron chi connectivity index (χ0n) is 15.6. The molecular weight excluding hydrogens is 327 g/mol. The van der Waals surface area contributed by atoms with Crippen LogP contribution in [0.1, 0.15) is 30.4 Å². The molecule has 0 atom stereocenters. The third-order valence-corrected chi connectivity index (χ3v) is 5.68. The minimum atomic E-state index is -0.227. The van der Waals surface area contributed by atoms with E-state index in [1.165, 1.54) is 11.6 Å². The van der Waals surface area contributed by atoms with Gasteiger partial charge in [-0.15, -0.1) is 0 Å². The van der Waals surface area contributed by atoms with E-state index in [4.69, 9.17) is 0 Å². The molecule has 1 aliphatic heterocycles. The Hall–Kier alpha value is -2.20. The van der Waals surface area contributed by atoms with E-state index in [9.17, 15) is 9.18 Å². The SMILES string of the molecule is CN(C)C1(c2ccccc2)CCN(C(=O)CCc2ccccc2F)CC1. The Labute approximate surface area is 155 Å². The maximum atomic E-state index is 13.7. The lowest BCUT2D eigenvalue weighted by atomic mass is 9.79. The molecule has 1 fully saturated rings. The van der Waals surface area contributed by atoms with Crippen molar-refractivity contribution in [3.8, 4) is 0 Å². The number of hydrogen-bond donors (Lipinski definition) is 0. The smallest absolute Gasteiger partial charge is 0.222 e. The maximum Gasteiger partial charge on any atom is 0.222 e. The molecule has 3 nitrogen and oxygen atoms in total. The van der Waals surface area contributed by atoms with Crippen LogP contribution in [0.3, 0.4) is 0 Å². The summed E-state index contributed by atoms with van der Waals surface area (Å²) >= 11 is 0. The van der Waals surface area contributed by atoms with E-state index in [1.54, 1.807) is 12.1 Å². The average Bonchev–Trinajstić information content (AvgIpc) is 2.67. The van der Waals surface area contributed by atoms with Crippen molar-refractivity contribution >= 4 is 5.91 Å². The zero-order valence-corrected chi connectivity index (χ0v) is 15.6. The summed E-state index contributed by atoms with van der Waals surface area (Å²) in [7, 11) is 4.23. The highest BCUT2D eigenvalue weighted by Crippen LogP contribution is 2.37. The second-order valence-corrected chi connectivity index (χ2v) is 7.26. The summed E-state index contributed by atoms with van der Waals surface area (Å²) in [6, 6.07) is 17.2. The lowest BCUT2D eigenvalue weighted by molar-refractivity contribution is -0.133. The minimum absolute atomic E-state index is 0.0242. The Bertz CT molecular complexity index is 737. The summed E-state index contributed by atoms with van der Waals surface area (Å²) in [5.41, 5.74) is 1.90. The molecule has 1 saturated heterocycles. The predicted molar refractivity (Wildman–Crippen MR) is 102 cm³/mol. The summed E-state index contributed by atoms with van der Waals surface area (Å²) < 4.78 is 13.7. The van der Waals surface area contributed by atoms with Gasteiger partial charge >= 0.3 is 0 Å². The van der Waals surface area contributed by atoms with E-state index in [1.807, 2.05) is 17.0 Å². The number of carbonyl (C=O) groups excluding carboxylic acids is 1. The van der Waals surface area contributed by atoms with Crippen LogP contribution >= 0.6 is 0 Å². The van der Waals surface area contributed by atoms with Gasteiger partial charge in [-0.1, -0.05) is 48.5 Å². The number of aryl methyl sites for hydroxylation is 1. The Balaban J connectivity index is 1.62. The third-order valence-electron chi connectivity index (χ3n) is 5.68. The zero-order chi connectivity index (χ0) is 18.6. The fraction of sp³-hybridized carbons (Fsp3) is 0.409. The molecule has 0 aromatic heterocycles. The standard InChI is InChI=1S/C22H27FN2O/c1-24(2)22(19-9-4-3-5-10-19)14-16-25(17-15-22)21(26)13-12-18-8-6-7-11-20(18)23/h3-11H,12-17H2,1-2H3. The van der Waals surface area contributed by atoms with E-state index in [0.717, 1.165) is 25.9 Å². The molecule has 138 valence electrons. The molecule has 3 rings (SSSR count). The lowest BCUT2D eigenvalue weighted by Crippen LogP contribution is -2.51. The molecule has 0 aliphatic carbocycles. The van der Waals surface area contributed by atoms with E-state index in [2.05, 4.69) is 43.3 Å². The normalized spacial score (nSPS) is 16.7. The van der Waals surface area contributed by atoms with Crippen molar-refractivity contribution in [1.29, 1.82) is 0 Å². The fourth-order valence-electron chi connectivity index (χ4n) is 3.97. The first-order valence-corrected chi connectivity index (χ1v) is 9.27. The second-order valence-electron chi connectivity index (χ2n) is 7.26. The Morgan fingerprint density at radius 3 is 2.27 bits per heavy atom. The quantitative estimate of drug-likeness (QED) is 0.814. The van der Waals surface area contributed by atoms with Gasteiger partial charge in [0.1, 0.15) is 5.82 Å². The third kappa shape index (κ3) is 3.80. The van der Waals surface area contributed by atoms with Crippen LogP contribution in [-0.4, -0.2) is 42.9 Å². The summed E-state index contributed by atoms with van der Waals surface area (Å²) in [5, 5.41) is 0. The lowest BCUT2D eigenvalue weighted by Gasteiger charge is -2.46. The molecule has 0 saturated carbocycles. The van der Waals surface area contributed by atoms with Crippen LogP contribution in [0.5, 0.6) is 0 Å². The van der Waals surface area contributed by atoms with E-state index < -0.39 is 0 Å². The number of rotatable bonds is 5. The molecule has 2 aromatic rings. The number of hydrogen-bond acceptors (Lipinski definition) is 2. The van der Waals surface area contributed by atoms with Gasteiger partial charge in [0.2, 0.25) is 5.91 Å². The number of nitrogens with zero attached hydrogens (tertiary/aromatic N) is 2. The van der Waals surface area contributed by atoms with Crippen LogP contribution in [0, 0.1) is 5.82 Å². The first-order chi connectivity index (χ1) is 12.5. The van der Waals surface area contributed by atoms with Crippen LogP contribution in [0.15, 0.2) is 54.6 Å². The molecular formula is C22H27FN2O. The van der Waals surface area contributed by atoms with Gasteiger partial charge < -0.3 is 4.90 Å². The largest absolute Gasteiger partial charge is 0.343 e. The first kappa shape index (κ1) is 18.6. The fourth-order valence-corrected chi connectivity index (χ4v) is 3.97. The van der Waals surface area contributed by atoms with E-state index >= 15 is 0 Å². The number of likely N-dealkylation sites (tertiary alicyclic amines) is 1. The summed E-state index contributed by atoms with van der Waals surface area (Å²) in [4.78, 5) is 16.8. The van der Waals surface area contributed by atoms with Gasteiger partial charge in [0, 0.05) is 25.0 Å². The summed E-state index contributed by atoms with van der Waals surface area (Å²) in [6.45, 7) is 1.48. The predicted octanol–water partition coefficient (Wildman–Crippen LogP) is 3.84. The Morgan fingerprint density at radius 1 is 1.04 bits per heavy atom. The first-order valence-electron chi connectivity index (χ1n) is 9.27. The van der Waals surface area contributed by atoms with Gasteiger partial charge in [-0.25, -0.2) is 4.39 Å². The number of amides is 1. The van der Waals surface area contributed by atoms with Gasteiger partial charge in [0.25, 0.3) is 0 Å². The molecule has 26 heavy (non-hydrogen) atoms. The highest BCUT2D eigenvalue weighted by molar-refractivity contribution is 5.76.